The van der Waals surface area contributed by atoms with Crippen molar-refractivity contribution in [3.63, 3.8) is 0 Å². The zero-order chi connectivity index (χ0) is 46.9. The lowest BCUT2D eigenvalue weighted by atomic mass is 10.00. The van der Waals surface area contributed by atoms with Gasteiger partial charge in [-0.2, -0.15) is 8.42 Å². The van der Waals surface area contributed by atoms with E-state index in [1.54, 1.807) is 0 Å². The van der Waals surface area contributed by atoms with Crippen molar-refractivity contribution in [1.82, 2.24) is 0 Å². The molecule has 0 aliphatic carbocycles. The van der Waals surface area contributed by atoms with E-state index >= 15 is 0 Å². The first kappa shape index (κ1) is 59.4. The molecule has 1 saturated heterocycles. The molecule has 4 N–H and O–H groups in total. The van der Waals surface area contributed by atoms with Crippen LogP contribution in [0.2, 0.25) is 0 Å². The van der Waals surface area contributed by atoms with E-state index in [2.05, 4.69) is 74.6 Å². The Morgan fingerprint density at radius 3 is 1.39 bits per heavy atom. The van der Waals surface area contributed by atoms with Crippen molar-refractivity contribution in [2.75, 3.05) is 19.0 Å². The van der Waals surface area contributed by atoms with Crippen LogP contribution >= 0.6 is 0 Å². The Morgan fingerprint density at radius 2 is 0.938 bits per heavy atom. The number of carbonyl (C=O) groups excluding carboxylic acids is 2. The molecule has 0 aromatic carbocycles. The zero-order valence-electron chi connectivity index (χ0n) is 39.6. The summed E-state index contributed by atoms with van der Waals surface area (Å²) in [7, 11) is -4.61. The van der Waals surface area contributed by atoms with Crippen LogP contribution in [0.15, 0.2) is 60.8 Å². The highest BCUT2D eigenvalue weighted by atomic mass is 32.2. The largest absolute Gasteiger partial charge is 0.462 e. The molecule has 12 nitrogen and oxygen atoms in total. The lowest BCUT2D eigenvalue weighted by molar-refractivity contribution is -0.297. The van der Waals surface area contributed by atoms with Crippen molar-refractivity contribution in [2.24, 2.45) is 0 Å². The number of esters is 2. The van der Waals surface area contributed by atoms with Crippen molar-refractivity contribution >= 4 is 22.1 Å². The Hall–Kier alpha value is -2.65. The van der Waals surface area contributed by atoms with Crippen molar-refractivity contribution < 1.29 is 56.8 Å². The molecule has 2 unspecified atom stereocenters. The summed E-state index contributed by atoms with van der Waals surface area (Å²) in [5.74, 6) is -2.02. The van der Waals surface area contributed by atoms with Gasteiger partial charge in [0, 0.05) is 12.8 Å². The van der Waals surface area contributed by atoms with Gasteiger partial charge in [-0.15, -0.1) is 0 Å². The summed E-state index contributed by atoms with van der Waals surface area (Å²) in [6, 6.07) is 0. The van der Waals surface area contributed by atoms with Crippen LogP contribution in [-0.4, -0.2) is 96.0 Å². The fourth-order valence-electron chi connectivity index (χ4n) is 7.18. The lowest BCUT2D eigenvalue weighted by Gasteiger charge is -2.40. The van der Waals surface area contributed by atoms with Gasteiger partial charge >= 0.3 is 11.9 Å². The smallest absolute Gasteiger partial charge is 0.306 e. The Morgan fingerprint density at radius 1 is 0.531 bits per heavy atom. The number of allylic oxidation sites excluding steroid dienone is 10. The van der Waals surface area contributed by atoms with Gasteiger partial charge in [0.15, 0.2) is 12.4 Å². The maximum Gasteiger partial charge on any atom is 0.306 e. The molecule has 64 heavy (non-hydrogen) atoms. The van der Waals surface area contributed by atoms with Gasteiger partial charge in [0.1, 0.15) is 36.8 Å². The maximum atomic E-state index is 12.8. The lowest BCUT2D eigenvalue weighted by Crippen LogP contribution is -2.60. The first-order valence-electron chi connectivity index (χ1n) is 24.8. The summed E-state index contributed by atoms with van der Waals surface area (Å²) >= 11 is 0. The molecule has 6 atom stereocenters. The number of unbranched alkanes of at least 4 members (excludes halogenated alkanes) is 19. The van der Waals surface area contributed by atoms with Gasteiger partial charge in [-0.1, -0.05) is 158 Å². The van der Waals surface area contributed by atoms with Gasteiger partial charge in [0.25, 0.3) is 10.1 Å². The fraction of sp³-hybridized carbons (Fsp3) is 0.765. The van der Waals surface area contributed by atoms with E-state index in [9.17, 15) is 37.9 Å². The van der Waals surface area contributed by atoms with Crippen molar-refractivity contribution in [1.29, 1.82) is 0 Å². The number of carbonyl (C=O) groups is 2. The predicted molar refractivity (Wildman–Crippen MR) is 256 cm³/mol. The van der Waals surface area contributed by atoms with Gasteiger partial charge in [-0.3, -0.25) is 14.1 Å². The standard InChI is InChI=1S/C51H88O12S/c1-3-5-7-9-11-13-15-17-19-21-22-24-25-27-29-31-33-35-37-39-46(52)60-41-44(42-61-51-50(56)49(55)48(54)45(63-51)43-64(57,58)59)62-47(53)40-38-36-34-32-30-28-26-23-20-18-16-14-12-10-8-6-4-2/h11-14,17-20,26,28,44-45,48-51,54-56H,3-10,15-16,21-25,27,29-43H2,1-2H3,(H,57,58,59)/b13-11+,14-12+,19-17+,20-18+,28-26+/t44-,45-,48-,49?,50?,51+/m1/s1. The molecule has 370 valence electrons. The molecule has 1 rings (SSSR count). The molecule has 1 aliphatic heterocycles. The predicted octanol–water partition coefficient (Wildman–Crippen LogP) is 10.9. The molecule has 0 bridgehead atoms. The summed E-state index contributed by atoms with van der Waals surface area (Å²) in [5.41, 5.74) is 0. The highest BCUT2D eigenvalue weighted by molar-refractivity contribution is 7.85. The SMILES string of the molecule is CCCCC/C=C/C/C=C/C/C=C/CCCCCCC(=O)O[C@H](COC(=O)CCCCCCCCCCC/C=C/C/C=C/CCCCC)CO[C@H]1O[C@H](CS(=O)(=O)O)[C@@H](O)C(O)C1O. The molecule has 0 aromatic rings. The van der Waals surface area contributed by atoms with E-state index < -0.39 is 71.2 Å². The number of ether oxygens (including phenoxy) is 4. The summed E-state index contributed by atoms with van der Waals surface area (Å²) in [6.45, 7) is 3.69. The first-order chi connectivity index (χ1) is 31.0. The minimum atomic E-state index is -4.61. The van der Waals surface area contributed by atoms with Crippen LogP contribution in [0.3, 0.4) is 0 Å². The van der Waals surface area contributed by atoms with Crippen LogP contribution in [-0.2, 0) is 38.7 Å². The van der Waals surface area contributed by atoms with Gasteiger partial charge in [0.2, 0.25) is 0 Å². The number of rotatable bonds is 41. The van der Waals surface area contributed by atoms with Gasteiger partial charge in [0.05, 0.1) is 6.61 Å². The van der Waals surface area contributed by atoms with Crippen LogP contribution in [0.4, 0.5) is 0 Å². The third-order valence-corrected chi connectivity index (χ3v) is 11.8. The fourth-order valence-corrected chi connectivity index (χ4v) is 7.87. The molecule has 1 aliphatic rings. The first-order valence-corrected chi connectivity index (χ1v) is 26.5. The Balaban J connectivity index is 2.42. The molecule has 0 radical (unpaired) electrons. The molecule has 13 heteroatoms. The Labute approximate surface area is 387 Å². The summed E-state index contributed by atoms with van der Waals surface area (Å²) < 4.78 is 54.2. The van der Waals surface area contributed by atoms with Crippen molar-refractivity contribution in [2.45, 2.75) is 230 Å². The highest BCUT2D eigenvalue weighted by Gasteiger charge is 2.46. The molecule has 0 aromatic heterocycles. The second kappa shape index (κ2) is 40.6. The second-order valence-electron chi connectivity index (χ2n) is 17.1. The molecule has 0 saturated carbocycles. The summed E-state index contributed by atoms with van der Waals surface area (Å²) in [4.78, 5) is 25.5. The summed E-state index contributed by atoms with van der Waals surface area (Å²) in [6.07, 6.45) is 41.1. The van der Waals surface area contributed by atoms with E-state index in [1.165, 1.54) is 77.0 Å². The average Bonchev–Trinajstić information content (AvgIpc) is 3.26. The van der Waals surface area contributed by atoms with E-state index in [1.807, 2.05) is 0 Å². The van der Waals surface area contributed by atoms with Gasteiger partial charge in [-0.05, 0) is 83.5 Å². The number of aliphatic hydroxyl groups excluding tert-OH is 3. The molecule has 0 amide bonds. The minimum absolute atomic E-state index is 0.136. The van der Waals surface area contributed by atoms with Crippen LogP contribution in [0.25, 0.3) is 0 Å². The second-order valence-corrected chi connectivity index (χ2v) is 18.6. The van der Waals surface area contributed by atoms with Crippen LogP contribution in [0.5, 0.6) is 0 Å². The van der Waals surface area contributed by atoms with E-state index in [4.69, 9.17) is 18.9 Å². The van der Waals surface area contributed by atoms with Crippen molar-refractivity contribution in [3.8, 4) is 0 Å². The molecule has 1 fully saturated rings. The third-order valence-electron chi connectivity index (χ3n) is 11.1. The Kier molecular flexibility index (Phi) is 37.7. The van der Waals surface area contributed by atoms with E-state index in [-0.39, 0.29) is 19.4 Å². The third kappa shape index (κ3) is 34.7. The normalized spacial score (nSPS) is 20.1. The monoisotopic (exact) mass is 925 g/mol. The number of hydrogen-bond donors (Lipinski definition) is 4. The number of hydrogen-bond acceptors (Lipinski definition) is 11. The molecular weight excluding hydrogens is 837 g/mol. The molecule has 1 heterocycles. The molecule has 0 spiro atoms. The number of aliphatic hydroxyl groups is 3. The Bertz CT molecular complexity index is 1410. The van der Waals surface area contributed by atoms with Gasteiger partial charge in [-0.25, -0.2) is 0 Å². The summed E-state index contributed by atoms with van der Waals surface area (Å²) in [5, 5.41) is 30.9. The minimum Gasteiger partial charge on any atom is -0.462 e. The van der Waals surface area contributed by atoms with Crippen LogP contribution < -0.4 is 0 Å². The van der Waals surface area contributed by atoms with Crippen LogP contribution in [0.1, 0.15) is 194 Å². The maximum absolute atomic E-state index is 12.8. The molecular formula is C51H88O12S. The average molecular weight is 925 g/mol. The quantitative estimate of drug-likeness (QED) is 0.0197. The van der Waals surface area contributed by atoms with E-state index in [0.717, 1.165) is 77.0 Å². The van der Waals surface area contributed by atoms with Crippen molar-refractivity contribution in [3.05, 3.63) is 60.8 Å². The van der Waals surface area contributed by atoms with E-state index in [0.29, 0.717) is 12.8 Å². The van der Waals surface area contributed by atoms with Gasteiger partial charge < -0.3 is 34.3 Å². The highest BCUT2D eigenvalue weighted by Crippen LogP contribution is 2.24. The zero-order valence-corrected chi connectivity index (χ0v) is 40.4. The van der Waals surface area contributed by atoms with Crippen LogP contribution in [0, 0.1) is 0 Å². The topological polar surface area (TPSA) is 186 Å².